The molecule has 16 heavy (non-hydrogen) atoms. The Morgan fingerprint density at radius 2 is 2.12 bits per heavy atom. The van der Waals surface area contributed by atoms with Gasteiger partial charge >= 0.3 is 0 Å². The van der Waals surface area contributed by atoms with Crippen LogP contribution in [-0.4, -0.2) is 50.3 Å². The lowest BCUT2D eigenvalue weighted by Crippen LogP contribution is -2.58. The van der Waals surface area contributed by atoms with Crippen LogP contribution in [0.15, 0.2) is 0 Å². The molecule has 1 saturated heterocycles. The molecule has 2 atom stereocenters. The number of likely N-dealkylation sites (N-methyl/N-ethyl adjacent to an activating group) is 1. The predicted molar refractivity (Wildman–Crippen MR) is 66.7 cm³/mol. The zero-order valence-corrected chi connectivity index (χ0v) is 11.0. The van der Waals surface area contributed by atoms with E-state index in [1.807, 2.05) is 0 Å². The molecule has 0 radical (unpaired) electrons. The molecule has 2 rings (SSSR count). The summed E-state index contributed by atoms with van der Waals surface area (Å²) >= 11 is 0. The van der Waals surface area contributed by atoms with Crippen LogP contribution in [0.4, 0.5) is 0 Å². The Morgan fingerprint density at radius 3 is 2.62 bits per heavy atom. The minimum absolute atomic E-state index is 0.382. The van der Waals surface area contributed by atoms with Crippen molar-refractivity contribution in [2.45, 2.75) is 44.2 Å². The summed E-state index contributed by atoms with van der Waals surface area (Å²) in [5.41, 5.74) is 0.382. The minimum atomic E-state index is 0.382. The Hall–Kier alpha value is -0.120. The first-order valence-corrected chi connectivity index (χ1v) is 6.61. The third-order valence-electron chi connectivity index (χ3n) is 4.37. The van der Waals surface area contributed by atoms with Gasteiger partial charge in [-0.05, 0) is 32.9 Å². The van der Waals surface area contributed by atoms with Crippen LogP contribution >= 0.6 is 0 Å². The summed E-state index contributed by atoms with van der Waals surface area (Å²) in [6.45, 7) is 5.32. The van der Waals surface area contributed by atoms with Crippen LogP contribution in [0.25, 0.3) is 0 Å². The van der Waals surface area contributed by atoms with Crippen molar-refractivity contribution in [2.24, 2.45) is 5.92 Å². The second kappa shape index (κ2) is 5.03. The van der Waals surface area contributed by atoms with E-state index in [-0.39, 0.29) is 0 Å². The van der Waals surface area contributed by atoms with E-state index >= 15 is 0 Å². The SMILES string of the molecule is CC1CCCC(CNC2COC2)(N(C)C)C1. The molecular formula is C13H26N2O. The first-order valence-electron chi connectivity index (χ1n) is 6.61. The van der Waals surface area contributed by atoms with Crippen molar-refractivity contribution in [2.75, 3.05) is 33.9 Å². The smallest absolute Gasteiger partial charge is 0.0643 e. The molecule has 0 aromatic rings. The molecule has 3 nitrogen and oxygen atoms in total. The predicted octanol–water partition coefficient (Wildman–Crippen LogP) is 1.49. The van der Waals surface area contributed by atoms with Crippen LogP contribution in [0.1, 0.15) is 32.6 Å². The second-order valence-corrected chi connectivity index (χ2v) is 5.94. The van der Waals surface area contributed by atoms with Crippen LogP contribution in [0.2, 0.25) is 0 Å². The third kappa shape index (κ3) is 2.58. The molecular weight excluding hydrogens is 200 g/mol. The van der Waals surface area contributed by atoms with Crippen molar-refractivity contribution in [1.29, 1.82) is 0 Å². The highest BCUT2D eigenvalue weighted by molar-refractivity contribution is 4.95. The lowest BCUT2D eigenvalue weighted by atomic mass is 9.75. The number of hydrogen-bond acceptors (Lipinski definition) is 3. The van der Waals surface area contributed by atoms with Crippen LogP contribution in [0.3, 0.4) is 0 Å². The molecule has 1 aliphatic heterocycles. The van der Waals surface area contributed by atoms with Gasteiger partial charge in [-0.3, -0.25) is 0 Å². The summed E-state index contributed by atoms with van der Waals surface area (Å²) < 4.78 is 5.21. The van der Waals surface area contributed by atoms with Gasteiger partial charge in [-0.25, -0.2) is 0 Å². The maximum Gasteiger partial charge on any atom is 0.0643 e. The minimum Gasteiger partial charge on any atom is -0.378 e. The molecule has 2 fully saturated rings. The van der Waals surface area contributed by atoms with Gasteiger partial charge in [0.15, 0.2) is 0 Å². The highest BCUT2D eigenvalue weighted by Gasteiger charge is 2.37. The zero-order chi connectivity index (χ0) is 11.6. The quantitative estimate of drug-likeness (QED) is 0.786. The first kappa shape index (κ1) is 12.3. The summed E-state index contributed by atoms with van der Waals surface area (Å²) in [5.74, 6) is 0.871. The van der Waals surface area contributed by atoms with Crippen LogP contribution < -0.4 is 5.32 Å². The van der Waals surface area contributed by atoms with Gasteiger partial charge in [0.05, 0.1) is 19.3 Å². The largest absolute Gasteiger partial charge is 0.378 e. The molecule has 0 spiro atoms. The van der Waals surface area contributed by atoms with E-state index in [1.54, 1.807) is 0 Å². The number of hydrogen-bond donors (Lipinski definition) is 1. The molecule has 2 unspecified atom stereocenters. The van der Waals surface area contributed by atoms with E-state index in [0.717, 1.165) is 25.7 Å². The van der Waals surface area contributed by atoms with Gasteiger partial charge in [-0.1, -0.05) is 19.8 Å². The van der Waals surface area contributed by atoms with Crippen molar-refractivity contribution in [3.8, 4) is 0 Å². The van der Waals surface area contributed by atoms with E-state index in [9.17, 15) is 0 Å². The first-order chi connectivity index (χ1) is 7.62. The molecule has 0 bridgehead atoms. The Kier molecular flexibility index (Phi) is 3.88. The molecule has 0 aromatic heterocycles. The molecule has 1 N–H and O–H groups in total. The Bertz CT molecular complexity index is 228. The number of rotatable bonds is 4. The highest BCUT2D eigenvalue weighted by Crippen LogP contribution is 2.35. The number of nitrogens with one attached hydrogen (secondary N) is 1. The van der Waals surface area contributed by atoms with Crippen molar-refractivity contribution in [3.05, 3.63) is 0 Å². The van der Waals surface area contributed by atoms with Crippen LogP contribution in [-0.2, 0) is 4.74 Å². The third-order valence-corrected chi connectivity index (χ3v) is 4.37. The molecule has 1 saturated carbocycles. The monoisotopic (exact) mass is 226 g/mol. The normalized spacial score (nSPS) is 36.4. The van der Waals surface area contributed by atoms with E-state index in [1.165, 1.54) is 25.7 Å². The molecule has 1 aliphatic carbocycles. The topological polar surface area (TPSA) is 24.5 Å². The van der Waals surface area contributed by atoms with Crippen molar-refractivity contribution in [3.63, 3.8) is 0 Å². The molecule has 94 valence electrons. The van der Waals surface area contributed by atoms with Gasteiger partial charge in [0.25, 0.3) is 0 Å². The Balaban J connectivity index is 1.91. The lowest BCUT2D eigenvalue weighted by Gasteiger charge is -2.46. The number of nitrogens with zero attached hydrogens (tertiary/aromatic N) is 1. The molecule has 1 heterocycles. The average Bonchev–Trinajstić information content (AvgIpc) is 2.15. The van der Waals surface area contributed by atoms with Gasteiger partial charge in [0.1, 0.15) is 0 Å². The highest BCUT2D eigenvalue weighted by atomic mass is 16.5. The van der Waals surface area contributed by atoms with E-state index in [4.69, 9.17) is 4.74 Å². The molecule has 2 aliphatic rings. The summed E-state index contributed by atoms with van der Waals surface area (Å²) in [7, 11) is 4.47. The lowest BCUT2D eigenvalue weighted by molar-refractivity contribution is -0.0166. The van der Waals surface area contributed by atoms with Crippen molar-refractivity contribution >= 4 is 0 Å². The van der Waals surface area contributed by atoms with Gasteiger partial charge in [-0.2, -0.15) is 0 Å². The number of ether oxygens (including phenoxy) is 1. The van der Waals surface area contributed by atoms with Gasteiger partial charge in [-0.15, -0.1) is 0 Å². The standard InChI is InChI=1S/C13H26N2O/c1-11-5-4-6-13(7-11,15(2)3)10-14-12-8-16-9-12/h11-12,14H,4-10H2,1-3H3. The van der Waals surface area contributed by atoms with Gasteiger partial charge < -0.3 is 15.0 Å². The summed E-state index contributed by atoms with van der Waals surface area (Å²) in [5, 5.41) is 3.66. The Labute approximate surface area is 99.5 Å². The van der Waals surface area contributed by atoms with Crippen LogP contribution in [0, 0.1) is 5.92 Å². The molecule has 3 heteroatoms. The maximum absolute atomic E-state index is 5.21. The fourth-order valence-corrected chi connectivity index (χ4v) is 3.05. The maximum atomic E-state index is 5.21. The van der Waals surface area contributed by atoms with E-state index < -0.39 is 0 Å². The van der Waals surface area contributed by atoms with Gasteiger partial charge in [0.2, 0.25) is 0 Å². The van der Waals surface area contributed by atoms with Gasteiger partial charge in [0, 0.05) is 12.1 Å². The van der Waals surface area contributed by atoms with Crippen molar-refractivity contribution in [1.82, 2.24) is 10.2 Å². The second-order valence-electron chi connectivity index (χ2n) is 5.94. The fourth-order valence-electron chi connectivity index (χ4n) is 3.05. The summed E-state index contributed by atoms with van der Waals surface area (Å²) in [6, 6.07) is 0.606. The fraction of sp³-hybridized carbons (Fsp3) is 1.00. The zero-order valence-electron chi connectivity index (χ0n) is 11.0. The van der Waals surface area contributed by atoms with E-state index in [0.29, 0.717) is 11.6 Å². The van der Waals surface area contributed by atoms with Crippen LogP contribution in [0.5, 0.6) is 0 Å². The average molecular weight is 226 g/mol. The summed E-state index contributed by atoms with van der Waals surface area (Å²) in [4.78, 5) is 2.44. The Morgan fingerprint density at radius 1 is 1.38 bits per heavy atom. The summed E-state index contributed by atoms with van der Waals surface area (Å²) in [6.07, 6.45) is 5.45. The van der Waals surface area contributed by atoms with Crippen molar-refractivity contribution < 1.29 is 4.74 Å². The van der Waals surface area contributed by atoms with E-state index in [2.05, 4.69) is 31.2 Å². The molecule has 0 aromatic carbocycles. The molecule has 0 amide bonds.